The van der Waals surface area contributed by atoms with E-state index >= 15 is 4.39 Å². The highest BCUT2D eigenvalue weighted by molar-refractivity contribution is 6.20. The van der Waals surface area contributed by atoms with Crippen LogP contribution in [0.3, 0.4) is 0 Å². The molecule has 1 N–H and O–H groups in total. The Balaban J connectivity index is 2.06. The van der Waals surface area contributed by atoms with Crippen LogP contribution in [0.25, 0.3) is 28.0 Å². The van der Waals surface area contributed by atoms with E-state index in [0.717, 1.165) is 12.1 Å². The molecule has 5 rings (SSSR count). The minimum absolute atomic E-state index is 0.0343. The highest BCUT2D eigenvalue weighted by atomic mass is 19.2. The van der Waals surface area contributed by atoms with Crippen molar-refractivity contribution in [1.82, 2.24) is 4.98 Å². The van der Waals surface area contributed by atoms with Gasteiger partial charge in [0.15, 0.2) is 11.6 Å². The number of hydrogen-bond acceptors (Lipinski definition) is 5. The number of nitrogens with zero attached hydrogens (tertiary/aromatic N) is 4. The third-order valence-electron chi connectivity index (χ3n) is 5.71. The average molecular weight is 432 g/mol. The average Bonchev–Trinajstić information content (AvgIpc) is 3.31. The largest absolute Gasteiger partial charge is 0.507 e. The van der Waals surface area contributed by atoms with Crippen LogP contribution in [-0.4, -0.2) is 10.1 Å². The Bertz CT molecular complexity index is 1610. The van der Waals surface area contributed by atoms with Crippen LogP contribution in [0, 0.1) is 45.6 Å². The van der Waals surface area contributed by atoms with Gasteiger partial charge in [-0.15, -0.1) is 0 Å². The van der Waals surface area contributed by atoms with E-state index in [1.165, 1.54) is 12.1 Å². The third kappa shape index (κ3) is 2.62. The number of halogens is 2. The smallest absolute Gasteiger partial charge is 0.167 e. The van der Waals surface area contributed by atoms with Gasteiger partial charge in [0, 0.05) is 45.7 Å². The maximum atomic E-state index is 15.0. The van der Waals surface area contributed by atoms with Gasteiger partial charge in [-0.25, -0.2) is 8.78 Å². The number of nitriles is 3. The Labute approximate surface area is 186 Å². The van der Waals surface area contributed by atoms with E-state index < -0.39 is 11.6 Å². The summed E-state index contributed by atoms with van der Waals surface area (Å²) in [6.07, 6.45) is 2.62. The normalized spacial score (nSPS) is 16.5. The van der Waals surface area contributed by atoms with Crippen LogP contribution in [0.2, 0.25) is 0 Å². The van der Waals surface area contributed by atoms with E-state index in [0.29, 0.717) is 28.0 Å². The van der Waals surface area contributed by atoms with Crippen molar-refractivity contribution in [3.05, 3.63) is 99.8 Å². The number of aromatic nitrogens is 1. The Morgan fingerprint density at radius 1 is 0.879 bits per heavy atom. The first kappa shape index (κ1) is 19.9. The quantitative estimate of drug-likeness (QED) is 0.381. The molecule has 2 aliphatic carbocycles. The maximum absolute atomic E-state index is 15.0. The van der Waals surface area contributed by atoms with Crippen molar-refractivity contribution in [2.24, 2.45) is 0 Å². The molecule has 33 heavy (non-hydrogen) atoms. The van der Waals surface area contributed by atoms with E-state index in [1.54, 1.807) is 30.5 Å². The van der Waals surface area contributed by atoms with Crippen LogP contribution < -0.4 is 0 Å². The van der Waals surface area contributed by atoms with Crippen molar-refractivity contribution in [2.45, 2.75) is 0 Å². The van der Waals surface area contributed by atoms with Crippen molar-refractivity contribution < 1.29 is 13.9 Å². The SMILES string of the molecule is N#CC=C1/C(=C2\c3cccnc3-c3c(O)cccc32)C(=C(C#N)C#N)c2ccc(F)c(F)c21. The molecule has 0 aliphatic heterocycles. The molecule has 0 spiro atoms. The van der Waals surface area contributed by atoms with Crippen LogP contribution in [0.5, 0.6) is 5.75 Å². The second kappa shape index (κ2) is 7.27. The number of allylic oxidation sites excluding steroid dienone is 5. The van der Waals surface area contributed by atoms with Crippen molar-refractivity contribution in [1.29, 1.82) is 15.8 Å². The number of pyridine rings is 1. The zero-order valence-electron chi connectivity index (χ0n) is 16.7. The summed E-state index contributed by atoms with van der Waals surface area (Å²) in [5.74, 6) is -2.34. The molecular formula is C26H10F2N4O. The van der Waals surface area contributed by atoms with Crippen molar-refractivity contribution in [2.75, 3.05) is 0 Å². The van der Waals surface area contributed by atoms with Crippen LogP contribution in [0.15, 0.2) is 65.9 Å². The highest BCUT2D eigenvalue weighted by Gasteiger charge is 2.39. The van der Waals surface area contributed by atoms with Gasteiger partial charge in [-0.2, -0.15) is 15.8 Å². The van der Waals surface area contributed by atoms with Crippen LogP contribution in [0.1, 0.15) is 22.3 Å². The highest BCUT2D eigenvalue weighted by Crippen LogP contribution is 2.56. The molecular weight excluding hydrogens is 422 g/mol. The maximum Gasteiger partial charge on any atom is 0.167 e. The summed E-state index contributed by atoms with van der Waals surface area (Å²) in [7, 11) is 0. The molecule has 0 amide bonds. The Kier molecular flexibility index (Phi) is 4.38. The van der Waals surface area contributed by atoms with Gasteiger partial charge in [-0.05, 0) is 29.3 Å². The van der Waals surface area contributed by atoms with Crippen molar-refractivity contribution in [3.8, 4) is 35.2 Å². The monoisotopic (exact) mass is 432 g/mol. The fourth-order valence-electron chi connectivity index (χ4n) is 4.50. The fourth-order valence-corrected chi connectivity index (χ4v) is 4.50. The van der Waals surface area contributed by atoms with Gasteiger partial charge in [-0.3, -0.25) is 4.98 Å². The lowest BCUT2D eigenvalue weighted by molar-refractivity contribution is 0.477. The zero-order valence-corrected chi connectivity index (χ0v) is 16.7. The standard InChI is InChI=1S/C26H10F2N4O/c27-18-7-6-15-20(13(11-30)12-31)24(16(8-9-29)22(15)25(18)28)21-14-3-1-5-19(33)23(14)26-17(21)4-2-10-32-26/h1-8,10,33H/b16-8?,24-21+. The molecule has 154 valence electrons. The Morgan fingerprint density at radius 2 is 1.64 bits per heavy atom. The van der Waals surface area contributed by atoms with Gasteiger partial charge in [-0.1, -0.05) is 24.3 Å². The number of aromatic hydroxyl groups is 1. The summed E-state index contributed by atoms with van der Waals surface area (Å²) in [5, 5.41) is 39.4. The first-order valence-electron chi connectivity index (χ1n) is 9.69. The van der Waals surface area contributed by atoms with E-state index in [9.17, 15) is 25.3 Å². The first-order chi connectivity index (χ1) is 16.0. The van der Waals surface area contributed by atoms with Gasteiger partial charge in [0.2, 0.25) is 0 Å². The topological polar surface area (TPSA) is 104 Å². The molecule has 0 bridgehead atoms. The number of phenolic OH excluding ortho intramolecular Hbond substituents is 1. The lowest BCUT2D eigenvalue weighted by Gasteiger charge is -2.12. The molecule has 0 atom stereocenters. The molecule has 0 saturated heterocycles. The number of fused-ring (bicyclic) bond motifs is 4. The summed E-state index contributed by atoms with van der Waals surface area (Å²) in [6, 6.07) is 16.0. The second-order valence-electron chi connectivity index (χ2n) is 7.29. The number of benzene rings is 2. The molecule has 1 aromatic heterocycles. The molecule has 1 heterocycles. The molecule has 0 radical (unpaired) electrons. The summed E-state index contributed by atoms with van der Waals surface area (Å²) in [6.45, 7) is 0. The minimum atomic E-state index is -1.18. The summed E-state index contributed by atoms with van der Waals surface area (Å²) < 4.78 is 29.3. The summed E-state index contributed by atoms with van der Waals surface area (Å²) >= 11 is 0. The molecule has 2 aliphatic rings. The zero-order chi connectivity index (χ0) is 23.3. The number of rotatable bonds is 0. The predicted molar refractivity (Wildman–Crippen MR) is 115 cm³/mol. The van der Waals surface area contributed by atoms with Crippen LogP contribution >= 0.6 is 0 Å². The first-order valence-corrected chi connectivity index (χ1v) is 9.69. The van der Waals surface area contributed by atoms with Crippen LogP contribution in [-0.2, 0) is 0 Å². The lowest BCUT2D eigenvalue weighted by atomic mass is 9.89. The minimum Gasteiger partial charge on any atom is -0.507 e. The van der Waals surface area contributed by atoms with Gasteiger partial charge in [0.05, 0.1) is 17.3 Å². The molecule has 3 aromatic rings. The Hall–Kier alpha value is -5.06. The molecule has 0 saturated carbocycles. The lowest BCUT2D eigenvalue weighted by Crippen LogP contribution is -1.94. The van der Waals surface area contributed by atoms with Crippen LogP contribution in [0.4, 0.5) is 8.78 Å². The van der Waals surface area contributed by atoms with Gasteiger partial charge < -0.3 is 5.11 Å². The van der Waals surface area contributed by atoms with Crippen molar-refractivity contribution in [3.63, 3.8) is 0 Å². The fraction of sp³-hybridized carbons (Fsp3) is 0. The number of phenols is 1. The summed E-state index contributed by atoms with van der Waals surface area (Å²) in [4.78, 5) is 4.39. The molecule has 0 fully saturated rings. The number of hydrogen-bond donors (Lipinski definition) is 1. The van der Waals surface area contributed by atoms with E-state index in [4.69, 9.17) is 0 Å². The second-order valence-corrected chi connectivity index (χ2v) is 7.29. The van der Waals surface area contributed by atoms with Gasteiger partial charge in [0.25, 0.3) is 0 Å². The van der Waals surface area contributed by atoms with E-state index in [1.807, 2.05) is 18.2 Å². The Morgan fingerprint density at radius 3 is 2.36 bits per heavy atom. The molecule has 2 aromatic carbocycles. The molecule has 0 unspecified atom stereocenters. The summed E-state index contributed by atoms with van der Waals surface area (Å²) in [5.41, 5.74) is 2.44. The van der Waals surface area contributed by atoms with Crippen molar-refractivity contribution >= 4 is 16.7 Å². The predicted octanol–water partition coefficient (Wildman–Crippen LogP) is 5.27. The van der Waals surface area contributed by atoms with E-state index in [2.05, 4.69) is 4.98 Å². The van der Waals surface area contributed by atoms with Gasteiger partial charge >= 0.3 is 0 Å². The third-order valence-corrected chi connectivity index (χ3v) is 5.71. The van der Waals surface area contributed by atoms with E-state index in [-0.39, 0.29) is 39.2 Å². The molecule has 7 heteroatoms. The van der Waals surface area contributed by atoms with Gasteiger partial charge in [0.1, 0.15) is 23.5 Å². The molecule has 5 nitrogen and oxygen atoms in total.